The number of oxazole rings is 1. The van der Waals surface area contributed by atoms with Crippen LogP contribution in [-0.2, 0) is 7.05 Å². The lowest BCUT2D eigenvalue weighted by molar-refractivity contribution is 0.620. The highest BCUT2D eigenvalue weighted by atomic mass is 16.3. The van der Waals surface area contributed by atoms with Crippen molar-refractivity contribution >= 4 is 32.9 Å². The molecule has 6 nitrogen and oxygen atoms in total. The zero-order chi connectivity index (χ0) is 26.6. The summed E-state index contributed by atoms with van der Waals surface area (Å²) in [6.07, 6.45) is 5.56. The van der Waals surface area contributed by atoms with Crippen molar-refractivity contribution in [2.75, 3.05) is 0 Å². The first-order chi connectivity index (χ1) is 19.7. The zero-order valence-corrected chi connectivity index (χ0v) is 21.7. The second-order valence-electron chi connectivity index (χ2n) is 9.88. The number of benzene rings is 4. The van der Waals surface area contributed by atoms with E-state index in [0.29, 0.717) is 5.89 Å². The predicted molar refractivity (Wildman–Crippen MR) is 159 cm³/mol. The van der Waals surface area contributed by atoms with Crippen LogP contribution < -0.4 is 0 Å². The minimum atomic E-state index is 0.581. The molecule has 4 heterocycles. The fraction of sp³-hybridized carbons (Fsp3) is 0.0294. The van der Waals surface area contributed by atoms with Crippen LogP contribution in [0.15, 0.2) is 126 Å². The standard InChI is InChI=1S/C34H23N5O/c1-38-19-18-36-33(38)27-11-7-14-31-32(27)37-34(40-31)23-15-16-26-25-10-2-3-13-29(25)39(30(26)21-23)24-9-6-8-22(20-24)28-12-4-5-17-35-28/h2-21H,1H3. The number of rotatable bonds is 4. The second-order valence-corrected chi connectivity index (χ2v) is 9.88. The Morgan fingerprint density at radius 1 is 0.675 bits per heavy atom. The number of nitrogens with zero attached hydrogens (tertiary/aromatic N) is 5. The Hall–Kier alpha value is -5.49. The van der Waals surface area contributed by atoms with Crippen molar-refractivity contribution < 1.29 is 4.42 Å². The maximum Gasteiger partial charge on any atom is 0.227 e. The van der Waals surface area contributed by atoms with Gasteiger partial charge in [-0.3, -0.25) is 4.98 Å². The van der Waals surface area contributed by atoms with Crippen LogP contribution in [0.25, 0.3) is 72.7 Å². The molecule has 190 valence electrons. The van der Waals surface area contributed by atoms with Gasteiger partial charge in [-0.2, -0.15) is 0 Å². The first-order valence-electron chi connectivity index (χ1n) is 13.2. The van der Waals surface area contributed by atoms with E-state index in [-0.39, 0.29) is 0 Å². The van der Waals surface area contributed by atoms with Crippen molar-refractivity contribution in [3.8, 4) is 39.8 Å². The van der Waals surface area contributed by atoms with Gasteiger partial charge in [-0.05, 0) is 54.6 Å². The molecule has 0 fully saturated rings. The Kier molecular flexibility index (Phi) is 4.94. The first kappa shape index (κ1) is 22.5. The Morgan fingerprint density at radius 2 is 1.55 bits per heavy atom. The molecule has 8 aromatic rings. The highest BCUT2D eigenvalue weighted by Gasteiger charge is 2.18. The fourth-order valence-electron chi connectivity index (χ4n) is 5.60. The van der Waals surface area contributed by atoms with Gasteiger partial charge < -0.3 is 13.6 Å². The van der Waals surface area contributed by atoms with Crippen LogP contribution in [0.4, 0.5) is 0 Å². The van der Waals surface area contributed by atoms with Crippen molar-refractivity contribution in [1.82, 2.24) is 24.1 Å². The first-order valence-corrected chi connectivity index (χ1v) is 13.2. The smallest absolute Gasteiger partial charge is 0.227 e. The van der Waals surface area contributed by atoms with Gasteiger partial charge in [0, 0.05) is 58.8 Å². The largest absolute Gasteiger partial charge is 0.436 e. The molecule has 0 radical (unpaired) electrons. The Morgan fingerprint density at radius 3 is 2.42 bits per heavy atom. The molecule has 0 aliphatic rings. The van der Waals surface area contributed by atoms with Crippen molar-refractivity contribution in [1.29, 1.82) is 0 Å². The van der Waals surface area contributed by atoms with Crippen LogP contribution in [0.3, 0.4) is 0 Å². The SMILES string of the molecule is Cn1ccnc1-c1cccc2oc(-c3ccc4c5ccccc5n(-c5cccc(-c6ccccn6)c5)c4c3)nc12. The van der Waals surface area contributed by atoms with Crippen LogP contribution in [0.2, 0.25) is 0 Å². The van der Waals surface area contributed by atoms with Gasteiger partial charge in [-0.15, -0.1) is 0 Å². The summed E-state index contributed by atoms with van der Waals surface area (Å²) >= 11 is 0. The average molecular weight is 518 g/mol. The van der Waals surface area contributed by atoms with Gasteiger partial charge in [0.15, 0.2) is 5.58 Å². The monoisotopic (exact) mass is 517 g/mol. The molecule has 0 unspecified atom stereocenters. The zero-order valence-electron chi connectivity index (χ0n) is 21.7. The molecule has 0 saturated heterocycles. The predicted octanol–water partition coefficient (Wildman–Crippen LogP) is 8.05. The minimum Gasteiger partial charge on any atom is -0.436 e. The number of pyridine rings is 1. The molecular weight excluding hydrogens is 494 g/mol. The lowest BCUT2D eigenvalue weighted by Crippen LogP contribution is -1.95. The van der Waals surface area contributed by atoms with Gasteiger partial charge >= 0.3 is 0 Å². The molecule has 40 heavy (non-hydrogen) atoms. The summed E-state index contributed by atoms with van der Waals surface area (Å²) in [7, 11) is 1.98. The number of para-hydroxylation sites is 2. The van der Waals surface area contributed by atoms with Crippen LogP contribution in [0, 0.1) is 0 Å². The van der Waals surface area contributed by atoms with E-state index in [1.54, 1.807) is 6.20 Å². The molecule has 4 aromatic heterocycles. The molecule has 0 spiro atoms. The van der Waals surface area contributed by atoms with E-state index < -0.39 is 0 Å². The lowest BCUT2D eigenvalue weighted by Gasteiger charge is -2.10. The number of fused-ring (bicyclic) bond motifs is 4. The molecule has 4 aromatic carbocycles. The van der Waals surface area contributed by atoms with Gasteiger partial charge in [-0.1, -0.05) is 48.5 Å². The summed E-state index contributed by atoms with van der Waals surface area (Å²) < 4.78 is 10.6. The van der Waals surface area contributed by atoms with E-state index in [1.807, 2.05) is 60.4 Å². The van der Waals surface area contributed by atoms with E-state index in [4.69, 9.17) is 9.40 Å². The molecule has 0 atom stereocenters. The highest BCUT2D eigenvalue weighted by molar-refractivity contribution is 6.10. The van der Waals surface area contributed by atoms with Gasteiger partial charge in [0.05, 0.1) is 16.7 Å². The van der Waals surface area contributed by atoms with E-state index in [0.717, 1.165) is 56.0 Å². The molecule has 0 aliphatic heterocycles. The van der Waals surface area contributed by atoms with Crippen molar-refractivity contribution in [2.45, 2.75) is 0 Å². The minimum absolute atomic E-state index is 0.581. The maximum absolute atomic E-state index is 6.31. The lowest BCUT2D eigenvalue weighted by atomic mass is 10.1. The summed E-state index contributed by atoms with van der Waals surface area (Å²) in [5.41, 5.74) is 8.71. The molecule has 0 saturated carbocycles. The molecule has 6 heteroatoms. The molecule has 0 N–H and O–H groups in total. The summed E-state index contributed by atoms with van der Waals surface area (Å²) in [6, 6.07) is 35.4. The van der Waals surface area contributed by atoms with E-state index in [9.17, 15) is 0 Å². The van der Waals surface area contributed by atoms with Gasteiger partial charge in [0.2, 0.25) is 5.89 Å². The second kappa shape index (κ2) is 8.78. The Balaban J connectivity index is 1.33. The topological polar surface area (TPSA) is 61.7 Å². The summed E-state index contributed by atoms with van der Waals surface area (Å²) in [5, 5.41) is 2.37. The van der Waals surface area contributed by atoms with E-state index in [2.05, 4.69) is 81.3 Å². The van der Waals surface area contributed by atoms with Crippen molar-refractivity contribution in [2.24, 2.45) is 7.05 Å². The normalized spacial score (nSPS) is 11.6. The number of aryl methyl sites for hydroxylation is 1. The van der Waals surface area contributed by atoms with Gasteiger partial charge in [0.1, 0.15) is 11.3 Å². The summed E-state index contributed by atoms with van der Waals surface area (Å²) in [4.78, 5) is 14.1. The number of hydrogen-bond acceptors (Lipinski definition) is 4. The van der Waals surface area contributed by atoms with Crippen molar-refractivity contribution in [3.63, 3.8) is 0 Å². The summed E-state index contributed by atoms with van der Waals surface area (Å²) in [6.45, 7) is 0. The summed E-state index contributed by atoms with van der Waals surface area (Å²) in [5.74, 6) is 1.44. The molecule has 8 rings (SSSR count). The van der Waals surface area contributed by atoms with Crippen LogP contribution in [0.1, 0.15) is 0 Å². The maximum atomic E-state index is 6.31. The molecule has 0 amide bonds. The fourth-order valence-corrected chi connectivity index (χ4v) is 5.60. The number of imidazole rings is 1. The highest BCUT2D eigenvalue weighted by Crippen LogP contribution is 2.37. The average Bonchev–Trinajstić information content (AvgIpc) is 3.72. The van der Waals surface area contributed by atoms with E-state index in [1.165, 1.54) is 10.8 Å². The quantitative estimate of drug-likeness (QED) is 0.237. The van der Waals surface area contributed by atoms with Crippen LogP contribution in [0.5, 0.6) is 0 Å². The molecule has 0 bridgehead atoms. The molecule has 0 aliphatic carbocycles. The van der Waals surface area contributed by atoms with Crippen LogP contribution >= 0.6 is 0 Å². The third-order valence-electron chi connectivity index (χ3n) is 7.47. The van der Waals surface area contributed by atoms with E-state index >= 15 is 0 Å². The molecular formula is C34H23N5O. The number of hydrogen-bond donors (Lipinski definition) is 0. The number of aromatic nitrogens is 5. The third kappa shape index (κ3) is 3.47. The van der Waals surface area contributed by atoms with Gasteiger partial charge in [0.25, 0.3) is 0 Å². The Bertz CT molecular complexity index is 2190. The van der Waals surface area contributed by atoms with Crippen LogP contribution in [-0.4, -0.2) is 24.1 Å². The third-order valence-corrected chi connectivity index (χ3v) is 7.47. The van der Waals surface area contributed by atoms with Crippen molar-refractivity contribution in [3.05, 3.63) is 122 Å². The Labute approximate surface area is 229 Å². The van der Waals surface area contributed by atoms with Gasteiger partial charge in [-0.25, -0.2) is 9.97 Å².